The van der Waals surface area contributed by atoms with Crippen LogP contribution in [-0.4, -0.2) is 24.3 Å². The summed E-state index contributed by atoms with van der Waals surface area (Å²) in [5.41, 5.74) is 5.85. The lowest BCUT2D eigenvalue weighted by molar-refractivity contribution is 0.509. The summed E-state index contributed by atoms with van der Waals surface area (Å²) in [7, 11) is -0.692. The molecule has 0 rings (SSSR count). The maximum Gasteiger partial charge on any atom is 0.393 e. The molecule has 66 valence electrons. The standard InChI is InChI=1S/C7H19N3P/c1-4-7-9-11(8)10(5-2)6-3/h4-7H2,1-3H3,(H2,8,9)/q+1. The molecule has 0 aliphatic rings. The van der Waals surface area contributed by atoms with Crippen molar-refractivity contribution < 1.29 is 0 Å². The van der Waals surface area contributed by atoms with Crippen molar-refractivity contribution in [1.29, 1.82) is 0 Å². The van der Waals surface area contributed by atoms with Crippen LogP contribution in [0.25, 0.3) is 0 Å². The van der Waals surface area contributed by atoms with E-state index in [1.54, 1.807) is 0 Å². The Labute approximate surface area is 70.5 Å². The average molecular weight is 176 g/mol. The van der Waals surface area contributed by atoms with Crippen LogP contribution in [0.3, 0.4) is 0 Å². The zero-order chi connectivity index (χ0) is 8.69. The minimum atomic E-state index is -0.692. The summed E-state index contributed by atoms with van der Waals surface area (Å²) in [5.74, 6) is 0. The first-order valence-corrected chi connectivity index (χ1v) is 5.54. The minimum absolute atomic E-state index is 0.692. The third-order valence-corrected chi connectivity index (χ3v) is 3.12. The zero-order valence-corrected chi connectivity index (χ0v) is 8.64. The van der Waals surface area contributed by atoms with Crippen LogP contribution in [0.4, 0.5) is 0 Å². The van der Waals surface area contributed by atoms with Crippen LogP contribution in [0.2, 0.25) is 0 Å². The third kappa shape index (κ3) is 4.46. The Balaban J connectivity index is 3.85. The van der Waals surface area contributed by atoms with E-state index in [0.29, 0.717) is 0 Å². The van der Waals surface area contributed by atoms with Gasteiger partial charge in [-0.05, 0) is 20.3 Å². The van der Waals surface area contributed by atoms with Crippen molar-refractivity contribution in [3.8, 4) is 0 Å². The smallest absolute Gasteiger partial charge is 0.121 e. The van der Waals surface area contributed by atoms with Gasteiger partial charge in [0.15, 0.2) is 0 Å². The predicted molar refractivity (Wildman–Crippen MR) is 51.6 cm³/mol. The molecule has 3 nitrogen and oxygen atoms in total. The molecule has 0 aliphatic heterocycles. The van der Waals surface area contributed by atoms with E-state index in [1.807, 2.05) is 0 Å². The highest BCUT2D eigenvalue weighted by Gasteiger charge is 2.15. The van der Waals surface area contributed by atoms with Crippen molar-refractivity contribution in [3.63, 3.8) is 0 Å². The van der Waals surface area contributed by atoms with Gasteiger partial charge in [0.05, 0.1) is 6.54 Å². The number of rotatable bonds is 5. The molecule has 0 aliphatic carbocycles. The third-order valence-electron chi connectivity index (χ3n) is 1.49. The second-order valence-corrected chi connectivity index (χ2v) is 3.81. The first kappa shape index (κ1) is 11.0. The van der Waals surface area contributed by atoms with E-state index in [9.17, 15) is 0 Å². The van der Waals surface area contributed by atoms with Gasteiger partial charge < -0.3 is 0 Å². The summed E-state index contributed by atoms with van der Waals surface area (Å²) in [6, 6.07) is 0. The Morgan fingerprint density at radius 2 is 1.82 bits per heavy atom. The predicted octanol–water partition coefficient (Wildman–Crippen LogP) is 2.19. The Hall–Kier alpha value is 0.0200. The van der Waals surface area contributed by atoms with Crippen LogP contribution in [-0.2, 0) is 0 Å². The average Bonchev–Trinajstić information content (AvgIpc) is 2.03. The zero-order valence-electron chi connectivity index (χ0n) is 7.75. The monoisotopic (exact) mass is 176 g/mol. The molecule has 0 heterocycles. The van der Waals surface area contributed by atoms with Gasteiger partial charge in [-0.1, -0.05) is 16.3 Å². The largest absolute Gasteiger partial charge is 0.393 e. The normalized spacial score (nSPS) is 12.6. The molecule has 0 saturated heterocycles. The van der Waals surface area contributed by atoms with E-state index >= 15 is 0 Å². The van der Waals surface area contributed by atoms with Crippen molar-refractivity contribution in [2.24, 2.45) is 10.2 Å². The van der Waals surface area contributed by atoms with Gasteiger partial charge in [0.25, 0.3) is 0 Å². The molecule has 0 amide bonds. The van der Waals surface area contributed by atoms with Gasteiger partial charge in [0.2, 0.25) is 0 Å². The van der Waals surface area contributed by atoms with Crippen LogP contribution >= 0.6 is 8.01 Å². The number of hydrogen-bond donors (Lipinski definition) is 1. The van der Waals surface area contributed by atoms with Gasteiger partial charge in [0.1, 0.15) is 0 Å². The lowest BCUT2D eigenvalue weighted by atomic mass is 10.5. The van der Waals surface area contributed by atoms with Crippen molar-refractivity contribution in [3.05, 3.63) is 0 Å². The van der Waals surface area contributed by atoms with Crippen LogP contribution in [0, 0.1) is 0 Å². The highest BCUT2D eigenvalue weighted by molar-refractivity contribution is 7.41. The van der Waals surface area contributed by atoms with Crippen molar-refractivity contribution >= 4 is 8.01 Å². The molecule has 0 aromatic rings. The molecule has 0 bridgehead atoms. The van der Waals surface area contributed by atoms with Gasteiger partial charge >= 0.3 is 8.01 Å². The molecule has 0 radical (unpaired) electrons. The topological polar surface area (TPSA) is 41.6 Å². The Morgan fingerprint density at radius 1 is 1.27 bits per heavy atom. The van der Waals surface area contributed by atoms with E-state index in [4.69, 9.17) is 5.50 Å². The molecule has 0 saturated carbocycles. The van der Waals surface area contributed by atoms with E-state index in [-0.39, 0.29) is 0 Å². The summed E-state index contributed by atoms with van der Waals surface area (Å²) in [6.45, 7) is 9.27. The van der Waals surface area contributed by atoms with Crippen molar-refractivity contribution in [2.45, 2.75) is 27.2 Å². The fourth-order valence-corrected chi connectivity index (χ4v) is 1.97. The summed E-state index contributed by atoms with van der Waals surface area (Å²) in [6.07, 6.45) is 1.09. The number of nitrogens with two attached hydrogens (primary N) is 1. The van der Waals surface area contributed by atoms with E-state index in [0.717, 1.165) is 26.1 Å². The molecule has 1 unspecified atom stereocenters. The molecular formula is C7H19N3P+. The van der Waals surface area contributed by atoms with Gasteiger partial charge in [-0.2, -0.15) is 0 Å². The van der Waals surface area contributed by atoms with Gasteiger partial charge in [-0.15, -0.1) is 5.50 Å². The molecule has 0 spiro atoms. The highest BCUT2D eigenvalue weighted by Crippen LogP contribution is 2.20. The van der Waals surface area contributed by atoms with Gasteiger partial charge in [0, 0.05) is 13.1 Å². The summed E-state index contributed by atoms with van der Waals surface area (Å²) in [5, 5.41) is 0. The lowest BCUT2D eigenvalue weighted by Gasteiger charge is -2.03. The molecule has 2 N–H and O–H groups in total. The number of hydrogen-bond acceptors (Lipinski definition) is 1. The SMILES string of the molecule is CCCN=[P+](N)N(CC)CC. The Bertz CT molecular complexity index is 121. The molecule has 0 aromatic carbocycles. The second kappa shape index (κ2) is 6.71. The second-order valence-electron chi connectivity index (χ2n) is 2.32. The van der Waals surface area contributed by atoms with Crippen LogP contribution in [0.15, 0.2) is 4.74 Å². The molecule has 1 atom stereocenters. The van der Waals surface area contributed by atoms with Crippen LogP contribution < -0.4 is 5.50 Å². The minimum Gasteiger partial charge on any atom is -0.121 e. The molecular weight excluding hydrogens is 157 g/mol. The van der Waals surface area contributed by atoms with E-state index in [2.05, 4.69) is 30.2 Å². The number of nitrogens with zero attached hydrogens (tertiary/aromatic N) is 2. The Morgan fingerprint density at radius 3 is 2.18 bits per heavy atom. The van der Waals surface area contributed by atoms with Crippen LogP contribution in [0.5, 0.6) is 0 Å². The molecule has 0 fully saturated rings. The van der Waals surface area contributed by atoms with Gasteiger partial charge in [-0.25, -0.2) is 0 Å². The molecule has 4 heteroatoms. The first-order chi connectivity index (χ1) is 5.26. The lowest BCUT2D eigenvalue weighted by Crippen LogP contribution is -2.16. The molecule has 11 heavy (non-hydrogen) atoms. The first-order valence-electron chi connectivity index (χ1n) is 4.23. The van der Waals surface area contributed by atoms with E-state index in [1.165, 1.54) is 0 Å². The van der Waals surface area contributed by atoms with E-state index < -0.39 is 8.01 Å². The summed E-state index contributed by atoms with van der Waals surface area (Å²) in [4.78, 5) is 0. The van der Waals surface area contributed by atoms with Crippen molar-refractivity contribution in [1.82, 2.24) is 4.67 Å². The van der Waals surface area contributed by atoms with Crippen molar-refractivity contribution in [2.75, 3.05) is 19.6 Å². The Kier molecular flexibility index (Phi) is 6.73. The summed E-state index contributed by atoms with van der Waals surface area (Å²) >= 11 is 0. The maximum absolute atomic E-state index is 5.85. The highest BCUT2D eigenvalue weighted by atomic mass is 31.1. The molecule has 0 aromatic heterocycles. The fraction of sp³-hybridized carbons (Fsp3) is 1.00. The quantitative estimate of drug-likeness (QED) is 0.652. The maximum atomic E-state index is 5.85. The summed E-state index contributed by atoms with van der Waals surface area (Å²) < 4.78 is 6.55. The van der Waals surface area contributed by atoms with Gasteiger partial charge in [-0.3, -0.25) is 0 Å². The van der Waals surface area contributed by atoms with Crippen LogP contribution in [0.1, 0.15) is 27.2 Å². The fourth-order valence-electron chi connectivity index (χ4n) is 0.805.